The van der Waals surface area contributed by atoms with Crippen LogP contribution in [0.1, 0.15) is 29.6 Å². The largest absolute Gasteiger partial charge is 0.339 e. The summed E-state index contributed by atoms with van der Waals surface area (Å²) in [5.41, 5.74) is 2.41. The first-order chi connectivity index (χ1) is 11.6. The third kappa shape index (κ3) is 4.14. The molecule has 1 N–H and O–H groups in total. The van der Waals surface area contributed by atoms with Gasteiger partial charge in [-0.2, -0.15) is 0 Å². The van der Waals surface area contributed by atoms with E-state index in [0.717, 1.165) is 56.3 Å². The second-order valence-corrected chi connectivity index (χ2v) is 5.88. The van der Waals surface area contributed by atoms with E-state index in [1.807, 2.05) is 6.20 Å². The number of aliphatic imine (C=N–C) groups is 1. The van der Waals surface area contributed by atoms with Crippen molar-refractivity contribution in [3.05, 3.63) is 59.3 Å². The van der Waals surface area contributed by atoms with E-state index in [0.29, 0.717) is 6.67 Å². The Balaban J connectivity index is 1.53. The molecule has 126 valence electrons. The summed E-state index contributed by atoms with van der Waals surface area (Å²) < 4.78 is 26.3. The van der Waals surface area contributed by atoms with Gasteiger partial charge in [-0.3, -0.25) is 14.7 Å². The highest BCUT2D eigenvalue weighted by molar-refractivity contribution is 6.01. The maximum Gasteiger partial charge on any atom is 0.252 e. The molecule has 0 spiro atoms. The van der Waals surface area contributed by atoms with Crippen LogP contribution in [0.2, 0.25) is 0 Å². The lowest BCUT2D eigenvalue weighted by molar-refractivity contribution is 0.0924. The van der Waals surface area contributed by atoms with Crippen molar-refractivity contribution < 1.29 is 13.6 Å². The third-order valence-electron chi connectivity index (χ3n) is 4.14. The summed E-state index contributed by atoms with van der Waals surface area (Å²) >= 11 is 0. The first kappa shape index (κ1) is 16.5. The van der Waals surface area contributed by atoms with Crippen molar-refractivity contribution in [1.82, 2.24) is 10.2 Å². The maximum absolute atomic E-state index is 13.1. The number of carbonyl (C=O) groups is 1. The zero-order valence-electron chi connectivity index (χ0n) is 13.3. The molecular weight excluding hydrogens is 312 g/mol. The van der Waals surface area contributed by atoms with Gasteiger partial charge < -0.3 is 5.32 Å². The predicted molar refractivity (Wildman–Crippen MR) is 88.8 cm³/mol. The maximum atomic E-state index is 13.1. The topological polar surface area (TPSA) is 44.7 Å². The van der Waals surface area contributed by atoms with Gasteiger partial charge in [-0.15, -0.1) is 0 Å². The Morgan fingerprint density at radius 1 is 1.21 bits per heavy atom. The van der Waals surface area contributed by atoms with Crippen molar-refractivity contribution in [3.8, 4) is 0 Å². The number of amides is 1. The number of benzene rings is 1. The molecule has 0 unspecified atom stereocenters. The van der Waals surface area contributed by atoms with E-state index in [2.05, 4.69) is 27.4 Å². The number of halogens is 2. The minimum Gasteiger partial charge on any atom is -0.339 e. The Morgan fingerprint density at radius 2 is 2.00 bits per heavy atom. The molecular formula is C18H19F2N3O. The Bertz CT molecular complexity index is 705. The van der Waals surface area contributed by atoms with Gasteiger partial charge in [-0.1, -0.05) is 12.2 Å². The van der Waals surface area contributed by atoms with E-state index in [9.17, 15) is 13.6 Å². The summed E-state index contributed by atoms with van der Waals surface area (Å²) in [6.45, 7) is 1.87. The molecule has 2 aliphatic heterocycles. The molecule has 1 amide bonds. The van der Waals surface area contributed by atoms with Gasteiger partial charge in [-0.05, 0) is 37.0 Å². The quantitative estimate of drug-likeness (QED) is 0.922. The summed E-state index contributed by atoms with van der Waals surface area (Å²) in [6, 6.07) is 2.81. The molecule has 0 radical (unpaired) electrons. The minimum absolute atomic E-state index is 0.0101. The summed E-state index contributed by atoms with van der Waals surface area (Å²) in [5.74, 6) is -1.99. The number of hydrogen-bond donors (Lipinski definition) is 1. The molecule has 24 heavy (non-hydrogen) atoms. The van der Waals surface area contributed by atoms with Gasteiger partial charge in [0, 0.05) is 36.6 Å². The molecule has 0 fully saturated rings. The number of allylic oxidation sites excluding steroid dienone is 1. The average molecular weight is 331 g/mol. The van der Waals surface area contributed by atoms with Gasteiger partial charge in [-0.25, -0.2) is 8.78 Å². The molecule has 0 atom stereocenters. The summed E-state index contributed by atoms with van der Waals surface area (Å²) in [5, 5.41) is 2.70. The van der Waals surface area contributed by atoms with E-state index >= 15 is 0 Å². The van der Waals surface area contributed by atoms with E-state index in [-0.39, 0.29) is 5.56 Å². The molecule has 0 saturated carbocycles. The SMILES string of the molecule is O=C(NCN1CC=C(C2=NC=CCC2)CC1)c1cc(F)cc(F)c1. The first-order valence-corrected chi connectivity index (χ1v) is 7.99. The van der Waals surface area contributed by atoms with Crippen molar-refractivity contribution >= 4 is 11.6 Å². The van der Waals surface area contributed by atoms with Crippen molar-refractivity contribution in [1.29, 1.82) is 0 Å². The molecule has 0 saturated heterocycles. The van der Waals surface area contributed by atoms with Crippen molar-refractivity contribution in [2.24, 2.45) is 4.99 Å². The Morgan fingerprint density at radius 3 is 2.62 bits per heavy atom. The summed E-state index contributed by atoms with van der Waals surface area (Å²) in [6.07, 6.45) is 8.94. The lowest BCUT2D eigenvalue weighted by Crippen LogP contribution is -2.40. The van der Waals surface area contributed by atoms with Gasteiger partial charge in [0.05, 0.1) is 6.67 Å². The van der Waals surface area contributed by atoms with Crippen LogP contribution < -0.4 is 5.32 Å². The van der Waals surface area contributed by atoms with Crippen LogP contribution in [0.25, 0.3) is 0 Å². The zero-order valence-corrected chi connectivity index (χ0v) is 13.3. The van der Waals surface area contributed by atoms with E-state index in [4.69, 9.17) is 0 Å². The van der Waals surface area contributed by atoms with Gasteiger partial charge in [0.25, 0.3) is 5.91 Å². The molecule has 2 heterocycles. The Hall–Kier alpha value is -2.34. The number of nitrogens with zero attached hydrogens (tertiary/aromatic N) is 2. The fraction of sp³-hybridized carbons (Fsp3) is 0.333. The zero-order chi connectivity index (χ0) is 16.9. The van der Waals surface area contributed by atoms with Crippen LogP contribution in [-0.4, -0.2) is 36.3 Å². The fourth-order valence-corrected chi connectivity index (χ4v) is 2.83. The van der Waals surface area contributed by atoms with Crippen LogP contribution in [0.15, 0.2) is 47.1 Å². The van der Waals surface area contributed by atoms with Crippen LogP contribution >= 0.6 is 0 Å². The highest BCUT2D eigenvalue weighted by Gasteiger charge is 2.17. The number of hydrogen-bond acceptors (Lipinski definition) is 3. The standard InChI is InChI=1S/C18H19F2N3O/c19-15-9-14(10-16(20)11-15)18(24)22-12-23-7-4-13(5-8-23)17-3-1-2-6-21-17/h2,4,6,9-11H,1,3,5,7-8,12H2,(H,22,24). The van der Waals surface area contributed by atoms with Crippen LogP contribution in [-0.2, 0) is 0 Å². The van der Waals surface area contributed by atoms with E-state index < -0.39 is 17.5 Å². The fourth-order valence-electron chi connectivity index (χ4n) is 2.83. The molecule has 0 aromatic heterocycles. The van der Waals surface area contributed by atoms with Crippen LogP contribution in [0.5, 0.6) is 0 Å². The van der Waals surface area contributed by atoms with Crippen LogP contribution in [0, 0.1) is 11.6 Å². The second-order valence-electron chi connectivity index (χ2n) is 5.88. The lowest BCUT2D eigenvalue weighted by Gasteiger charge is -2.27. The normalized spacial score (nSPS) is 18.1. The van der Waals surface area contributed by atoms with E-state index in [1.54, 1.807) is 0 Å². The number of rotatable bonds is 4. The Kier molecular flexibility index (Phi) is 5.15. The van der Waals surface area contributed by atoms with Crippen molar-refractivity contribution in [3.63, 3.8) is 0 Å². The average Bonchev–Trinajstić information content (AvgIpc) is 2.60. The Labute approximate surface area is 139 Å². The van der Waals surface area contributed by atoms with Crippen LogP contribution in [0.4, 0.5) is 8.78 Å². The molecule has 4 nitrogen and oxygen atoms in total. The summed E-state index contributed by atoms with van der Waals surface area (Å²) in [4.78, 5) is 18.5. The molecule has 0 aliphatic carbocycles. The molecule has 6 heteroatoms. The van der Waals surface area contributed by atoms with Gasteiger partial charge in [0.2, 0.25) is 0 Å². The molecule has 1 aromatic carbocycles. The minimum atomic E-state index is -0.756. The predicted octanol–water partition coefficient (Wildman–Crippen LogP) is 3.03. The number of carbonyl (C=O) groups excluding carboxylic acids is 1. The highest BCUT2D eigenvalue weighted by Crippen LogP contribution is 2.17. The van der Waals surface area contributed by atoms with Gasteiger partial charge >= 0.3 is 0 Å². The highest BCUT2D eigenvalue weighted by atomic mass is 19.1. The van der Waals surface area contributed by atoms with Crippen molar-refractivity contribution in [2.75, 3.05) is 19.8 Å². The van der Waals surface area contributed by atoms with E-state index in [1.165, 1.54) is 5.57 Å². The molecule has 1 aromatic rings. The summed E-state index contributed by atoms with van der Waals surface area (Å²) in [7, 11) is 0. The van der Waals surface area contributed by atoms with Gasteiger partial charge in [0.15, 0.2) is 0 Å². The molecule has 3 rings (SSSR count). The van der Waals surface area contributed by atoms with Crippen molar-refractivity contribution in [2.45, 2.75) is 19.3 Å². The molecule has 0 bridgehead atoms. The smallest absolute Gasteiger partial charge is 0.252 e. The number of nitrogens with one attached hydrogen (secondary N) is 1. The first-order valence-electron chi connectivity index (χ1n) is 7.99. The van der Waals surface area contributed by atoms with Crippen LogP contribution in [0.3, 0.4) is 0 Å². The second kappa shape index (κ2) is 7.49. The monoisotopic (exact) mass is 331 g/mol. The third-order valence-corrected chi connectivity index (χ3v) is 4.14. The lowest BCUT2D eigenvalue weighted by atomic mass is 9.98. The molecule has 2 aliphatic rings. The van der Waals surface area contributed by atoms with Gasteiger partial charge in [0.1, 0.15) is 11.6 Å².